The van der Waals surface area contributed by atoms with Crippen LogP contribution in [0.15, 0.2) is 73.1 Å². The molecule has 4 aromatic rings. The van der Waals surface area contributed by atoms with Crippen molar-refractivity contribution in [2.75, 3.05) is 11.4 Å². The fourth-order valence-electron chi connectivity index (χ4n) is 5.12. The molecule has 0 bridgehead atoms. The third kappa shape index (κ3) is 6.08. The van der Waals surface area contributed by atoms with Gasteiger partial charge in [-0.1, -0.05) is 24.3 Å². The lowest BCUT2D eigenvalue weighted by atomic mass is 9.81. The molecule has 200 valence electrons. The molecule has 1 aliphatic rings. The summed E-state index contributed by atoms with van der Waals surface area (Å²) < 4.78 is 0. The van der Waals surface area contributed by atoms with Crippen LogP contribution in [-0.2, 0) is 16.0 Å². The van der Waals surface area contributed by atoms with Gasteiger partial charge in [0, 0.05) is 23.9 Å². The average Bonchev–Trinajstić information content (AvgIpc) is 3.54. The SMILES string of the molecule is NCC1CCC(C(=O)N(C(=O)[C@@H](N)Cc2ccc(-c3ccncc3)cc2)c2ccc(-c3nn[nH]n3)cc2)CC1. The summed E-state index contributed by atoms with van der Waals surface area (Å²) in [5.74, 6) is -0.0409. The molecule has 2 aromatic carbocycles. The molecule has 0 aliphatic heterocycles. The summed E-state index contributed by atoms with van der Waals surface area (Å²) in [6.45, 7) is 0.617. The van der Waals surface area contributed by atoms with Gasteiger partial charge in [-0.2, -0.15) is 5.21 Å². The van der Waals surface area contributed by atoms with Crippen LogP contribution in [0.3, 0.4) is 0 Å². The van der Waals surface area contributed by atoms with E-state index in [0.717, 1.165) is 35.1 Å². The Morgan fingerprint density at radius 3 is 2.15 bits per heavy atom. The number of nitrogens with two attached hydrogens (primary N) is 2. The van der Waals surface area contributed by atoms with Gasteiger partial charge in [0.2, 0.25) is 11.7 Å². The normalized spacial score (nSPS) is 17.9. The van der Waals surface area contributed by atoms with E-state index in [-0.39, 0.29) is 11.8 Å². The highest BCUT2D eigenvalue weighted by atomic mass is 16.2. The van der Waals surface area contributed by atoms with Gasteiger partial charge in [-0.05, 0) is 103 Å². The zero-order valence-electron chi connectivity index (χ0n) is 21.6. The molecule has 0 unspecified atom stereocenters. The quantitative estimate of drug-likeness (QED) is 0.317. The lowest BCUT2D eigenvalue weighted by Gasteiger charge is -2.32. The van der Waals surface area contributed by atoms with Gasteiger partial charge in [0.25, 0.3) is 5.91 Å². The van der Waals surface area contributed by atoms with Crippen molar-refractivity contribution < 1.29 is 9.59 Å². The molecule has 2 amide bonds. The molecule has 1 saturated carbocycles. The number of benzene rings is 2. The maximum absolute atomic E-state index is 13.8. The van der Waals surface area contributed by atoms with Gasteiger partial charge in [0.05, 0.1) is 11.7 Å². The number of anilines is 1. The van der Waals surface area contributed by atoms with Crippen molar-refractivity contribution in [2.45, 2.75) is 38.1 Å². The van der Waals surface area contributed by atoms with Gasteiger partial charge in [0.15, 0.2) is 0 Å². The predicted molar refractivity (Wildman–Crippen MR) is 148 cm³/mol. The molecule has 2 heterocycles. The van der Waals surface area contributed by atoms with Gasteiger partial charge in [0.1, 0.15) is 0 Å². The van der Waals surface area contributed by atoms with Crippen molar-refractivity contribution in [1.82, 2.24) is 25.6 Å². The number of hydrogen-bond donors (Lipinski definition) is 3. The zero-order chi connectivity index (χ0) is 27.2. The first-order valence-corrected chi connectivity index (χ1v) is 13.2. The first-order chi connectivity index (χ1) is 19.0. The van der Waals surface area contributed by atoms with E-state index in [2.05, 4.69) is 25.6 Å². The number of carbonyl (C=O) groups excluding carboxylic acids is 2. The molecule has 10 heteroatoms. The van der Waals surface area contributed by atoms with E-state index in [1.54, 1.807) is 36.7 Å². The van der Waals surface area contributed by atoms with Crippen LogP contribution in [0.1, 0.15) is 31.2 Å². The number of amides is 2. The molecule has 5 N–H and O–H groups in total. The van der Waals surface area contributed by atoms with Gasteiger partial charge < -0.3 is 11.5 Å². The minimum absolute atomic E-state index is 0.216. The van der Waals surface area contributed by atoms with Crippen molar-refractivity contribution in [3.8, 4) is 22.5 Å². The van der Waals surface area contributed by atoms with Crippen LogP contribution < -0.4 is 16.4 Å². The van der Waals surface area contributed by atoms with E-state index in [9.17, 15) is 9.59 Å². The fraction of sp³-hybridized carbons (Fsp3) is 0.310. The number of hydrogen-bond acceptors (Lipinski definition) is 8. The number of nitrogens with zero attached hydrogens (tertiary/aromatic N) is 5. The van der Waals surface area contributed by atoms with E-state index < -0.39 is 11.9 Å². The molecular formula is C29H32N8O2. The summed E-state index contributed by atoms with van der Waals surface area (Å²) >= 11 is 0. The highest BCUT2D eigenvalue weighted by Gasteiger charge is 2.35. The third-order valence-corrected chi connectivity index (χ3v) is 7.44. The van der Waals surface area contributed by atoms with Crippen LogP contribution in [0, 0.1) is 11.8 Å². The lowest BCUT2D eigenvalue weighted by molar-refractivity contribution is -0.130. The van der Waals surface area contributed by atoms with Crippen molar-refractivity contribution >= 4 is 17.5 Å². The van der Waals surface area contributed by atoms with Gasteiger partial charge in [-0.3, -0.25) is 14.6 Å². The van der Waals surface area contributed by atoms with Gasteiger partial charge >= 0.3 is 0 Å². The number of aromatic nitrogens is 5. The number of H-pyrrole nitrogens is 1. The molecule has 10 nitrogen and oxygen atoms in total. The highest BCUT2D eigenvalue weighted by molar-refractivity contribution is 6.17. The van der Waals surface area contributed by atoms with Crippen LogP contribution in [0.4, 0.5) is 5.69 Å². The molecule has 0 spiro atoms. The summed E-state index contributed by atoms with van der Waals surface area (Å²) in [6, 6.07) is 17.9. The first-order valence-electron chi connectivity index (χ1n) is 13.2. The molecule has 2 aromatic heterocycles. The number of aromatic amines is 1. The molecule has 0 radical (unpaired) electrons. The van der Waals surface area contributed by atoms with E-state index >= 15 is 0 Å². The average molecular weight is 525 g/mol. The molecule has 39 heavy (non-hydrogen) atoms. The largest absolute Gasteiger partial charge is 0.330 e. The van der Waals surface area contributed by atoms with Gasteiger partial charge in [-0.25, -0.2) is 4.90 Å². The van der Waals surface area contributed by atoms with Crippen LogP contribution in [-0.4, -0.2) is 50.0 Å². The number of rotatable bonds is 8. The third-order valence-electron chi connectivity index (χ3n) is 7.44. The van der Waals surface area contributed by atoms with E-state index in [0.29, 0.717) is 43.2 Å². The number of carbonyl (C=O) groups is 2. The Balaban J connectivity index is 1.36. The molecule has 1 fully saturated rings. The monoisotopic (exact) mass is 524 g/mol. The Kier molecular flexibility index (Phi) is 8.14. The Morgan fingerprint density at radius 2 is 1.54 bits per heavy atom. The minimum atomic E-state index is -0.891. The standard InChI is InChI=1S/C29H32N8O2/c30-18-20-3-7-24(8-4-20)28(38)37(25-11-9-23(10-12-25)27-33-35-36-34-27)29(39)26(31)17-19-1-5-21(6-2-19)22-13-15-32-16-14-22/h1-2,5-6,9-16,20,24,26H,3-4,7-8,17-18,30-31H2,(H,33,34,35,36)/t20?,24?,26-/m0/s1. The molecule has 1 aliphatic carbocycles. The number of imide groups is 1. The van der Waals surface area contributed by atoms with Crippen LogP contribution in [0.25, 0.3) is 22.5 Å². The Bertz CT molecular complexity index is 1370. The van der Waals surface area contributed by atoms with E-state index in [1.807, 2.05) is 36.4 Å². The van der Waals surface area contributed by atoms with Crippen molar-refractivity contribution in [2.24, 2.45) is 23.3 Å². The number of nitrogens with one attached hydrogen (secondary N) is 1. The highest BCUT2D eigenvalue weighted by Crippen LogP contribution is 2.32. The minimum Gasteiger partial charge on any atom is -0.330 e. The van der Waals surface area contributed by atoms with Crippen LogP contribution in [0.5, 0.6) is 0 Å². The van der Waals surface area contributed by atoms with E-state index in [1.165, 1.54) is 4.90 Å². The first kappa shape index (κ1) is 26.3. The lowest BCUT2D eigenvalue weighted by Crippen LogP contribution is -2.50. The van der Waals surface area contributed by atoms with Gasteiger partial charge in [-0.15, -0.1) is 10.2 Å². The number of tetrazole rings is 1. The summed E-state index contributed by atoms with van der Waals surface area (Å²) in [5, 5.41) is 14.0. The summed E-state index contributed by atoms with van der Waals surface area (Å²) in [6.07, 6.45) is 6.97. The summed E-state index contributed by atoms with van der Waals surface area (Å²) in [7, 11) is 0. The molecule has 1 atom stereocenters. The van der Waals surface area contributed by atoms with Crippen molar-refractivity contribution in [3.63, 3.8) is 0 Å². The maximum atomic E-state index is 13.8. The second-order valence-electron chi connectivity index (χ2n) is 9.99. The fourth-order valence-corrected chi connectivity index (χ4v) is 5.12. The maximum Gasteiger partial charge on any atom is 0.251 e. The Hall–Kier alpha value is -4.28. The molecule has 5 rings (SSSR count). The summed E-state index contributed by atoms with van der Waals surface area (Å²) in [4.78, 5) is 32.9. The summed E-state index contributed by atoms with van der Waals surface area (Å²) in [5.41, 5.74) is 16.5. The van der Waals surface area contributed by atoms with Crippen LogP contribution in [0.2, 0.25) is 0 Å². The topological polar surface area (TPSA) is 157 Å². The second kappa shape index (κ2) is 12.1. The number of pyridine rings is 1. The predicted octanol–water partition coefficient (Wildman–Crippen LogP) is 3.12. The van der Waals surface area contributed by atoms with E-state index in [4.69, 9.17) is 11.5 Å². The zero-order valence-corrected chi connectivity index (χ0v) is 21.6. The van der Waals surface area contributed by atoms with Crippen molar-refractivity contribution in [3.05, 3.63) is 78.6 Å². The smallest absolute Gasteiger partial charge is 0.251 e. The van der Waals surface area contributed by atoms with Crippen LogP contribution >= 0.6 is 0 Å². The second-order valence-corrected chi connectivity index (χ2v) is 9.99. The Morgan fingerprint density at radius 1 is 0.897 bits per heavy atom. The van der Waals surface area contributed by atoms with Crippen molar-refractivity contribution in [1.29, 1.82) is 0 Å². The molecule has 0 saturated heterocycles. The Labute approximate surface area is 226 Å². The molecular weight excluding hydrogens is 492 g/mol.